The Labute approximate surface area is 140 Å². The van der Waals surface area contributed by atoms with Crippen LogP contribution in [0.15, 0.2) is 18.2 Å². The molecule has 4 nitrogen and oxygen atoms in total. The normalized spacial score (nSPS) is 23.0. The summed E-state index contributed by atoms with van der Waals surface area (Å²) in [7, 11) is 0. The first-order valence-electron chi connectivity index (χ1n) is 7.71. The van der Waals surface area contributed by atoms with Gasteiger partial charge in [0.05, 0.1) is 35.7 Å². The van der Waals surface area contributed by atoms with Crippen molar-refractivity contribution in [3.63, 3.8) is 0 Å². The first kappa shape index (κ1) is 15.9. The molecule has 0 amide bonds. The van der Waals surface area contributed by atoms with Crippen LogP contribution in [0.1, 0.15) is 20.8 Å². The third kappa shape index (κ3) is 3.35. The standard InChI is InChI=1S/C16H22N2O2S2/c1-4-19-13-5-6-14-15(7-13)22-16(21)18(14)10-17-8-11(2)20-12(3)9-17/h5-7,11-12H,4,8-10H2,1-3H3/t11-,12+. The van der Waals surface area contributed by atoms with Crippen molar-refractivity contribution in [2.75, 3.05) is 19.7 Å². The van der Waals surface area contributed by atoms with Crippen LogP contribution in [0.5, 0.6) is 5.75 Å². The summed E-state index contributed by atoms with van der Waals surface area (Å²) in [5, 5.41) is 0. The lowest BCUT2D eigenvalue weighted by Crippen LogP contribution is -2.45. The lowest BCUT2D eigenvalue weighted by atomic mass is 10.2. The minimum Gasteiger partial charge on any atom is -0.494 e. The Morgan fingerprint density at radius 1 is 1.32 bits per heavy atom. The maximum absolute atomic E-state index is 5.81. The number of aromatic nitrogens is 1. The average Bonchev–Trinajstić information content (AvgIpc) is 2.74. The molecular weight excluding hydrogens is 316 g/mol. The summed E-state index contributed by atoms with van der Waals surface area (Å²) in [6.07, 6.45) is 0.541. The highest BCUT2D eigenvalue weighted by atomic mass is 32.1. The number of ether oxygens (including phenoxy) is 2. The highest BCUT2D eigenvalue weighted by Gasteiger charge is 2.22. The van der Waals surface area contributed by atoms with Crippen molar-refractivity contribution < 1.29 is 9.47 Å². The van der Waals surface area contributed by atoms with Crippen LogP contribution in [0.3, 0.4) is 0 Å². The molecule has 3 rings (SSSR count). The van der Waals surface area contributed by atoms with Gasteiger partial charge in [0.1, 0.15) is 5.75 Å². The molecule has 0 unspecified atom stereocenters. The number of fused-ring (bicyclic) bond motifs is 1. The molecule has 1 fully saturated rings. The van der Waals surface area contributed by atoms with Crippen molar-refractivity contribution in [2.45, 2.75) is 39.6 Å². The van der Waals surface area contributed by atoms with Gasteiger partial charge in [-0.05, 0) is 51.2 Å². The van der Waals surface area contributed by atoms with Crippen LogP contribution < -0.4 is 4.74 Å². The maximum atomic E-state index is 5.81. The molecule has 2 heterocycles. The number of rotatable bonds is 4. The SMILES string of the molecule is CCOc1ccc2c(c1)sc(=S)n2CN1C[C@@H](C)O[C@@H](C)C1. The fraction of sp³-hybridized carbons (Fsp3) is 0.562. The highest BCUT2D eigenvalue weighted by molar-refractivity contribution is 7.73. The van der Waals surface area contributed by atoms with Gasteiger partial charge in [0.15, 0.2) is 3.95 Å². The first-order valence-corrected chi connectivity index (χ1v) is 8.93. The molecule has 0 bridgehead atoms. The van der Waals surface area contributed by atoms with Gasteiger partial charge in [0.25, 0.3) is 0 Å². The molecule has 1 aliphatic rings. The highest BCUT2D eigenvalue weighted by Crippen LogP contribution is 2.28. The lowest BCUT2D eigenvalue weighted by Gasteiger charge is -2.35. The van der Waals surface area contributed by atoms with Crippen molar-refractivity contribution in [2.24, 2.45) is 0 Å². The molecule has 1 aromatic heterocycles. The number of hydrogen-bond acceptors (Lipinski definition) is 5. The van der Waals surface area contributed by atoms with Crippen LogP contribution >= 0.6 is 23.6 Å². The zero-order valence-corrected chi connectivity index (χ0v) is 14.9. The Kier molecular flexibility index (Phi) is 4.82. The molecule has 0 spiro atoms. The number of benzene rings is 1. The van der Waals surface area contributed by atoms with Gasteiger partial charge < -0.3 is 14.0 Å². The van der Waals surface area contributed by atoms with Gasteiger partial charge in [-0.2, -0.15) is 0 Å². The Morgan fingerprint density at radius 2 is 2.05 bits per heavy atom. The third-order valence-corrected chi connectivity index (χ3v) is 5.20. The van der Waals surface area contributed by atoms with Gasteiger partial charge in [0.2, 0.25) is 0 Å². The van der Waals surface area contributed by atoms with E-state index < -0.39 is 0 Å². The summed E-state index contributed by atoms with van der Waals surface area (Å²) in [5.41, 5.74) is 1.19. The van der Waals surface area contributed by atoms with Crippen LogP contribution in [-0.4, -0.2) is 41.4 Å². The predicted molar refractivity (Wildman–Crippen MR) is 93.4 cm³/mol. The Morgan fingerprint density at radius 3 is 2.73 bits per heavy atom. The Bertz CT molecular complexity index is 700. The monoisotopic (exact) mass is 338 g/mol. The van der Waals surface area contributed by atoms with Crippen molar-refractivity contribution in [3.8, 4) is 5.75 Å². The summed E-state index contributed by atoms with van der Waals surface area (Å²) in [5.74, 6) is 0.909. The Hall–Kier alpha value is -0.950. The minimum atomic E-state index is 0.271. The summed E-state index contributed by atoms with van der Waals surface area (Å²) in [4.78, 5) is 2.41. The molecular formula is C16H22N2O2S2. The molecule has 22 heavy (non-hydrogen) atoms. The molecule has 0 saturated carbocycles. The van der Waals surface area contributed by atoms with E-state index in [1.165, 1.54) is 10.2 Å². The summed E-state index contributed by atoms with van der Waals surface area (Å²) < 4.78 is 15.7. The quantitative estimate of drug-likeness (QED) is 0.790. The summed E-state index contributed by atoms with van der Waals surface area (Å²) in [6, 6.07) is 6.22. The van der Waals surface area contributed by atoms with E-state index >= 15 is 0 Å². The predicted octanol–water partition coefficient (Wildman–Crippen LogP) is 3.90. The van der Waals surface area contributed by atoms with Crippen LogP contribution in [0.25, 0.3) is 10.2 Å². The second-order valence-electron chi connectivity index (χ2n) is 5.79. The van der Waals surface area contributed by atoms with Crippen molar-refractivity contribution in [1.29, 1.82) is 0 Å². The molecule has 1 saturated heterocycles. The molecule has 0 N–H and O–H groups in total. The van der Waals surface area contributed by atoms with E-state index in [1.54, 1.807) is 11.3 Å². The molecule has 0 radical (unpaired) electrons. The van der Waals surface area contributed by atoms with E-state index in [9.17, 15) is 0 Å². The van der Waals surface area contributed by atoms with Gasteiger partial charge in [0, 0.05) is 13.1 Å². The van der Waals surface area contributed by atoms with E-state index in [0.717, 1.165) is 29.5 Å². The van der Waals surface area contributed by atoms with Gasteiger partial charge in [-0.3, -0.25) is 4.90 Å². The topological polar surface area (TPSA) is 26.6 Å². The number of thiazole rings is 1. The average molecular weight is 338 g/mol. The number of morpholine rings is 1. The van der Waals surface area contributed by atoms with Gasteiger partial charge >= 0.3 is 0 Å². The van der Waals surface area contributed by atoms with Gasteiger partial charge in [-0.1, -0.05) is 0 Å². The second kappa shape index (κ2) is 6.66. The largest absolute Gasteiger partial charge is 0.494 e. The van der Waals surface area contributed by atoms with Crippen molar-refractivity contribution >= 4 is 33.8 Å². The van der Waals surface area contributed by atoms with E-state index in [0.29, 0.717) is 6.61 Å². The van der Waals surface area contributed by atoms with Gasteiger partial charge in [-0.25, -0.2) is 0 Å². The molecule has 1 aliphatic heterocycles. The van der Waals surface area contributed by atoms with E-state index in [4.69, 9.17) is 21.7 Å². The van der Waals surface area contributed by atoms with Crippen LogP contribution in [0.2, 0.25) is 0 Å². The fourth-order valence-electron chi connectivity index (χ4n) is 3.04. The number of hydrogen-bond donors (Lipinski definition) is 0. The summed E-state index contributed by atoms with van der Waals surface area (Å²) >= 11 is 7.22. The molecule has 2 atom stereocenters. The Balaban J connectivity index is 1.87. The smallest absolute Gasteiger partial charge is 0.163 e. The fourth-order valence-corrected chi connectivity index (χ4v) is 4.37. The molecule has 0 aliphatic carbocycles. The van der Waals surface area contributed by atoms with Gasteiger partial charge in [-0.15, -0.1) is 11.3 Å². The minimum absolute atomic E-state index is 0.271. The van der Waals surface area contributed by atoms with E-state index in [1.807, 2.05) is 13.0 Å². The van der Waals surface area contributed by atoms with Crippen LogP contribution in [0.4, 0.5) is 0 Å². The lowest BCUT2D eigenvalue weighted by molar-refractivity contribution is -0.0761. The first-order chi connectivity index (χ1) is 10.6. The molecule has 2 aromatic rings. The molecule has 1 aromatic carbocycles. The zero-order valence-electron chi connectivity index (χ0n) is 13.2. The van der Waals surface area contributed by atoms with E-state index in [-0.39, 0.29) is 12.2 Å². The number of nitrogens with zero attached hydrogens (tertiary/aromatic N) is 2. The van der Waals surface area contributed by atoms with E-state index in [2.05, 4.69) is 35.4 Å². The third-order valence-electron chi connectivity index (χ3n) is 3.79. The molecule has 6 heteroatoms. The van der Waals surface area contributed by atoms with Crippen LogP contribution in [0, 0.1) is 3.95 Å². The van der Waals surface area contributed by atoms with Crippen molar-refractivity contribution in [1.82, 2.24) is 9.47 Å². The molecule has 120 valence electrons. The zero-order chi connectivity index (χ0) is 15.7. The van der Waals surface area contributed by atoms with Crippen molar-refractivity contribution in [3.05, 3.63) is 22.2 Å². The summed E-state index contributed by atoms with van der Waals surface area (Å²) in [6.45, 7) is 9.65. The van der Waals surface area contributed by atoms with Crippen LogP contribution in [-0.2, 0) is 11.4 Å². The maximum Gasteiger partial charge on any atom is 0.163 e. The second-order valence-corrected chi connectivity index (χ2v) is 7.47.